The summed E-state index contributed by atoms with van der Waals surface area (Å²) in [6.07, 6.45) is 5.46. The summed E-state index contributed by atoms with van der Waals surface area (Å²) in [6, 6.07) is 6.67. The molecular formula is C16H20N2O2S. The molecule has 0 fully saturated rings. The first-order valence-corrected chi connectivity index (χ1v) is 8.16. The van der Waals surface area contributed by atoms with Crippen molar-refractivity contribution in [3.63, 3.8) is 0 Å². The molecule has 1 aromatic carbocycles. The van der Waals surface area contributed by atoms with Crippen LogP contribution in [-0.4, -0.2) is 23.9 Å². The summed E-state index contributed by atoms with van der Waals surface area (Å²) in [6.45, 7) is 3.19. The van der Waals surface area contributed by atoms with Gasteiger partial charge in [0.05, 0.1) is 13.3 Å². The molecule has 3 rings (SSSR count). The number of fused-ring (bicyclic) bond motifs is 1. The number of hydrogen-bond donors (Lipinski definition) is 1. The summed E-state index contributed by atoms with van der Waals surface area (Å²) in [5.74, 6) is 0.916. The minimum absolute atomic E-state index is 0.312. The number of benzene rings is 1. The summed E-state index contributed by atoms with van der Waals surface area (Å²) >= 11 is 1.71. The molecule has 5 heteroatoms. The zero-order chi connectivity index (χ0) is 14.7. The average molecular weight is 304 g/mol. The Hall–Kier alpha value is -1.46. The van der Waals surface area contributed by atoms with Crippen LogP contribution in [0.2, 0.25) is 0 Å². The zero-order valence-corrected chi connectivity index (χ0v) is 13.2. The molecule has 1 heterocycles. The lowest BCUT2D eigenvalue weighted by molar-refractivity contribution is 0.413. The van der Waals surface area contributed by atoms with Crippen LogP contribution in [-0.2, 0) is 6.42 Å². The van der Waals surface area contributed by atoms with Crippen molar-refractivity contribution in [1.82, 2.24) is 10.3 Å². The van der Waals surface area contributed by atoms with Gasteiger partial charge in [0, 0.05) is 11.3 Å². The first kappa shape index (κ1) is 14.5. The molecule has 0 saturated carbocycles. The number of aromatic nitrogens is 1. The van der Waals surface area contributed by atoms with Crippen molar-refractivity contribution in [3.05, 3.63) is 41.8 Å². The lowest BCUT2D eigenvalue weighted by Crippen LogP contribution is -2.27. The average Bonchev–Trinajstić information content (AvgIpc) is 3.12. The van der Waals surface area contributed by atoms with Crippen LogP contribution in [0.3, 0.4) is 0 Å². The highest BCUT2D eigenvalue weighted by Gasteiger charge is 2.34. The minimum Gasteiger partial charge on any atom is -0.497 e. The highest BCUT2D eigenvalue weighted by atomic mass is 32.2. The maximum Gasteiger partial charge on any atom is 0.255 e. The van der Waals surface area contributed by atoms with Crippen molar-refractivity contribution < 1.29 is 9.15 Å². The standard InChI is InChI=1S/C16H20N2O2S/c1-3-6-17-15-13-10-12(19-2)5-4-11(13)9-14(15)21-16-18-7-8-20-16/h4-5,7-8,10,14-15,17H,3,6,9H2,1-2H3. The molecule has 0 bridgehead atoms. The van der Waals surface area contributed by atoms with E-state index in [9.17, 15) is 0 Å². The van der Waals surface area contributed by atoms with E-state index in [1.807, 2.05) is 6.07 Å². The Kier molecular flexibility index (Phi) is 4.51. The Morgan fingerprint density at radius 1 is 1.48 bits per heavy atom. The van der Waals surface area contributed by atoms with Crippen LogP contribution in [0.15, 0.2) is 40.3 Å². The largest absolute Gasteiger partial charge is 0.497 e. The Morgan fingerprint density at radius 3 is 3.10 bits per heavy atom. The highest BCUT2D eigenvalue weighted by molar-refractivity contribution is 7.99. The fraction of sp³-hybridized carbons (Fsp3) is 0.438. The molecule has 1 aliphatic rings. The molecule has 0 amide bonds. The maximum absolute atomic E-state index is 5.39. The number of nitrogens with one attached hydrogen (secondary N) is 1. The second-order valence-corrected chi connectivity index (χ2v) is 6.35. The summed E-state index contributed by atoms with van der Waals surface area (Å²) in [4.78, 5) is 4.23. The van der Waals surface area contributed by atoms with Crippen LogP contribution in [0.5, 0.6) is 5.75 Å². The van der Waals surface area contributed by atoms with Crippen molar-refractivity contribution in [2.75, 3.05) is 13.7 Å². The van der Waals surface area contributed by atoms with E-state index in [-0.39, 0.29) is 0 Å². The van der Waals surface area contributed by atoms with Crippen molar-refractivity contribution in [1.29, 1.82) is 0 Å². The highest BCUT2D eigenvalue weighted by Crippen LogP contribution is 2.42. The van der Waals surface area contributed by atoms with Gasteiger partial charge in [0.15, 0.2) is 0 Å². The van der Waals surface area contributed by atoms with Crippen molar-refractivity contribution >= 4 is 11.8 Å². The molecule has 112 valence electrons. The Bertz CT molecular complexity index is 586. The molecule has 1 aromatic heterocycles. The van der Waals surface area contributed by atoms with Crippen LogP contribution >= 0.6 is 11.8 Å². The van der Waals surface area contributed by atoms with E-state index in [4.69, 9.17) is 9.15 Å². The fourth-order valence-electron chi connectivity index (χ4n) is 2.76. The predicted octanol–water partition coefficient (Wildman–Crippen LogP) is 3.44. The van der Waals surface area contributed by atoms with Gasteiger partial charge in [0.1, 0.15) is 12.0 Å². The zero-order valence-electron chi connectivity index (χ0n) is 12.3. The molecule has 21 heavy (non-hydrogen) atoms. The smallest absolute Gasteiger partial charge is 0.255 e. The van der Waals surface area contributed by atoms with Crippen LogP contribution in [0.4, 0.5) is 0 Å². The van der Waals surface area contributed by atoms with Gasteiger partial charge in [0.2, 0.25) is 0 Å². The van der Waals surface area contributed by atoms with Crippen molar-refractivity contribution in [2.24, 2.45) is 0 Å². The number of rotatable bonds is 6. The first-order chi connectivity index (χ1) is 10.3. The Morgan fingerprint density at radius 2 is 2.38 bits per heavy atom. The third-order valence-corrected chi connectivity index (χ3v) is 4.90. The summed E-state index contributed by atoms with van der Waals surface area (Å²) in [5, 5.41) is 4.79. The number of oxazole rings is 1. The van der Waals surface area contributed by atoms with Crippen molar-refractivity contribution in [2.45, 2.75) is 36.3 Å². The molecule has 0 saturated heterocycles. The van der Waals surface area contributed by atoms with E-state index in [1.54, 1.807) is 31.3 Å². The van der Waals surface area contributed by atoms with Gasteiger partial charge in [-0.2, -0.15) is 0 Å². The molecule has 1 N–H and O–H groups in total. The van der Waals surface area contributed by atoms with E-state index in [0.717, 1.165) is 30.4 Å². The third-order valence-electron chi connectivity index (χ3n) is 3.76. The quantitative estimate of drug-likeness (QED) is 0.886. The molecular weight excluding hydrogens is 284 g/mol. The second kappa shape index (κ2) is 6.54. The summed E-state index contributed by atoms with van der Waals surface area (Å²) < 4.78 is 10.8. The van der Waals surface area contributed by atoms with Crippen LogP contribution in [0.25, 0.3) is 0 Å². The van der Waals surface area contributed by atoms with Crippen LogP contribution in [0, 0.1) is 0 Å². The number of hydrogen-bond acceptors (Lipinski definition) is 5. The summed E-state index contributed by atoms with van der Waals surface area (Å²) in [7, 11) is 1.71. The lowest BCUT2D eigenvalue weighted by atomic mass is 10.1. The molecule has 0 aliphatic heterocycles. The maximum atomic E-state index is 5.39. The Balaban J connectivity index is 1.84. The van der Waals surface area contributed by atoms with Gasteiger partial charge in [0.25, 0.3) is 5.22 Å². The third kappa shape index (κ3) is 3.09. The van der Waals surface area contributed by atoms with Gasteiger partial charge in [-0.1, -0.05) is 24.8 Å². The Labute approximate surface area is 129 Å². The second-order valence-electron chi connectivity index (χ2n) is 5.15. The molecule has 2 atom stereocenters. The fourth-order valence-corrected chi connectivity index (χ4v) is 3.89. The number of ether oxygens (including phenoxy) is 1. The number of nitrogens with zero attached hydrogens (tertiary/aromatic N) is 1. The topological polar surface area (TPSA) is 47.3 Å². The van der Waals surface area contributed by atoms with Gasteiger partial charge < -0.3 is 14.5 Å². The van der Waals surface area contributed by atoms with Crippen LogP contribution < -0.4 is 10.1 Å². The van der Waals surface area contributed by atoms with Gasteiger partial charge in [-0.15, -0.1) is 0 Å². The molecule has 4 nitrogen and oxygen atoms in total. The van der Waals surface area contributed by atoms with Gasteiger partial charge in [-0.3, -0.25) is 0 Å². The van der Waals surface area contributed by atoms with E-state index in [1.165, 1.54) is 11.1 Å². The van der Waals surface area contributed by atoms with Gasteiger partial charge in [-0.05, 0) is 42.6 Å². The minimum atomic E-state index is 0.312. The predicted molar refractivity (Wildman–Crippen MR) is 83.9 cm³/mol. The van der Waals surface area contributed by atoms with E-state index < -0.39 is 0 Å². The van der Waals surface area contributed by atoms with E-state index in [0.29, 0.717) is 11.3 Å². The SMILES string of the molecule is CCCNC1c2cc(OC)ccc2CC1Sc1ncco1. The van der Waals surface area contributed by atoms with Gasteiger partial charge in [-0.25, -0.2) is 4.98 Å². The van der Waals surface area contributed by atoms with E-state index in [2.05, 4.69) is 29.4 Å². The lowest BCUT2D eigenvalue weighted by Gasteiger charge is -2.20. The molecule has 1 aliphatic carbocycles. The summed E-state index contributed by atoms with van der Waals surface area (Å²) in [5.41, 5.74) is 2.72. The van der Waals surface area contributed by atoms with Gasteiger partial charge >= 0.3 is 0 Å². The number of methoxy groups -OCH3 is 1. The monoisotopic (exact) mass is 304 g/mol. The van der Waals surface area contributed by atoms with E-state index >= 15 is 0 Å². The molecule has 2 aromatic rings. The molecule has 2 unspecified atom stereocenters. The molecule has 0 spiro atoms. The van der Waals surface area contributed by atoms with Crippen molar-refractivity contribution in [3.8, 4) is 5.75 Å². The van der Waals surface area contributed by atoms with Crippen LogP contribution in [0.1, 0.15) is 30.5 Å². The molecule has 0 radical (unpaired) electrons. The first-order valence-electron chi connectivity index (χ1n) is 7.28. The number of thioether (sulfide) groups is 1. The normalized spacial score (nSPS) is 20.5.